The van der Waals surface area contributed by atoms with Crippen LogP contribution in [0.15, 0.2) is 54.6 Å². The summed E-state index contributed by atoms with van der Waals surface area (Å²) in [4.78, 5) is 22.9. The van der Waals surface area contributed by atoms with E-state index in [1.807, 2.05) is 30.3 Å². The third-order valence-corrected chi connectivity index (χ3v) is 3.83. The predicted molar refractivity (Wildman–Crippen MR) is 94.6 cm³/mol. The smallest absolute Gasteiger partial charge is 0.377 e. The van der Waals surface area contributed by atoms with E-state index in [9.17, 15) is 18.4 Å². The Morgan fingerprint density at radius 1 is 1.04 bits per heavy atom. The van der Waals surface area contributed by atoms with Crippen molar-refractivity contribution in [3.05, 3.63) is 60.2 Å². The zero-order valence-electron chi connectivity index (χ0n) is 14.7. The molecule has 138 valence electrons. The highest BCUT2D eigenvalue weighted by atomic mass is 19.3. The summed E-state index contributed by atoms with van der Waals surface area (Å²) in [6, 6.07) is 15.5. The molecule has 2 rings (SSSR count). The Kier molecular flexibility index (Phi) is 6.44. The minimum atomic E-state index is -3.69. The Bertz CT molecular complexity index is 745. The maximum absolute atomic E-state index is 14.1. The van der Waals surface area contributed by atoms with Crippen molar-refractivity contribution in [1.82, 2.24) is 5.32 Å². The van der Waals surface area contributed by atoms with Gasteiger partial charge in [-0.25, -0.2) is 4.79 Å². The summed E-state index contributed by atoms with van der Waals surface area (Å²) in [5.41, 5.74) is 2.41. The number of esters is 1. The van der Waals surface area contributed by atoms with E-state index in [2.05, 4.69) is 10.1 Å². The van der Waals surface area contributed by atoms with Crippen LogP contribution in [0.5, 0.6) is 0 Å². The Morgan fingerprint density at radius 3 is 2.15 bits per heavy atom. The van der Waals surface area contributed by atoms with E-state index in [0.717, 1.165) is 11.1 Å². The molecule has 0 aliphatic heterocycles. The van der Waals surface area contributed by atoms with Crippen LogP contribution in [-0.4, -0.2) is 24.4 Å². The molecule has 0 unspecified atom stereocenters. The van der Waals surface area contributed by atoms with Crippen LogP contribution in [0.1, 0.15) is 31.9 Å². The molecule has 0 bridgehead atoms. The van der Waals surface area contributed by atoms with Crippen LogP contribution in [0.2, 0.25) is 0 Å². The second-order valence-electron chi connectivity index (χ2n) is 5.87. The number of hydrogen-bond donors (Lipinski definition) is 1. The number of amides is 1. The van der Waals surface area contributed by atoms with Crippen molar-refractivity contribution in [2.45, 2.75) is 32.2 Å². The molecule has 2 aromatic rings. The molecule has 6 heteroatoms. The van der Waals surface area contributed by atoms with Gasteiger partial charge in [-0.3, -0.25) is 4.79 Å². The second kappa shape index (κ2) is 8.56. The highest BCUT2D eigenvalue weighted by molar-refractivity contribution is 5.78. The predicted octanol–water partition coefficient (Wildman–Crippen LogP) is 4.12. The van der Waals surface area contributed by atoms with Gasteiger partial charge in [-0.2, -0.15) is 8.78 Å². The Labute approximate surface area is 151 Å². The highest BCUT2D eigenvalue weighted by Gasteiger charge is 2.43. The SMILES string of the molecule is CCOC(=O)C(F)(F)C[C@@H](NC(C)=O)c1ccc(-c2ccccc2)cc1. The molecule has 0 spiro atoms. The molecule has 1 atom stereocenters. The maximum atomic E-state index is 14.1. The van der Waals surface area contributed by atoms with Gasteiger partial charge in [0.2, 0.25) is 5.91 Å². The van der Waals surface area contributed by atoms with Crippen LogP contribution in [0.4, 0.5) is 8.78 Å². The van der Waals surface area contributed by atoms with Gasteiger partial charge in [0.25, 0.3) is 0 Å². The molecule has 0 fully saturated rings. The minimum absolute atomic E-state index is 0.134. The van der Waals surface area contributed by atoms with Crippen molar-refractivity contribution < 1.29 is 23.1 Å². The highest BCUT2D eigenvalue weighted by Crippen LogP contribution is 2.31. The standard InChI is InChI=1S/C20H21F2NO3/c1-3-26-19(25)20(21,22)13-18(23-14(2)24)17-11-9-16(10-12-17)15-7-5-4-6-8-15/h4-12,18H,3,13H2,1-2H3,(H,23,24)/t18-/m1/s1. The van der Waals surface area contributed by atoms with Crippen molar-refractivity contribution in [1.29, 1.82) is 0 Å². The van der Waals surface area contributed by atoms with Crippen LogP contribution in [0.25, 0.3) is 11.1 Å². The third kappa shape index (κ3) is 5.12. The van der Waals surface area contributed by atoms with E-state index in [1.54, 1.807) is 24.3 Å². The summed E-state index contributed by atoms with van der Waals surface area (Å²) in [6.07, 6.45) is -0.865. The molecule has 0 aliphatic carbocycles. The van der Waals surface area contributed by atoms with Crippen molar-refractivity contribution in [3.63, 3.8) is 0 Å². The summed E-state index contributed by atoms with van der Waals surface area (Å²) in [7, 11) is 0. The monoisotopic (exact) mass is 361 g/mol. The first-order valence-electron chi connectivity index (χ1n) is 8.31. The van der Waals surface area contributed by atoms with E-state index < -0.39 is 30.3 Å². The number of benzene rings is 2. The van der Waals surface area contributed by atoms with Gasteiger partial charge in [-0.1, -0.05) is 54.6 Å². The van der Waals surface area contributed by atoms with E-state index >= 15 is 0 Å². The molecular formula is C20H21F2NO3. The van der Waals surface area contributed by atoms with Gasteiger partial charge in [0.1, 0.15) is 0 Å². The quantitative estimate of drug-likeness (QED) is 0.755. The lowest BCUT2D eigenvalue weighted by molar-refractivity contribution is -0.173. The average Bonchev–Trinajstić information content (AvgIpc) is 2.62. The first kappa shape index (κ1) is 19.6. The van der Waals surface area contributed by atoms with Crippen LogP contribution in [0.3, 0.4) is 0 Å². The summed E-state index contributed by atoms with van der Waals surface area (Å²) in [5, 5.41) is 2.48. The summed E-state index contributed by atoms with van der Waals surface area (Å²) >= 11 is 0. The molecule has 0 radical (unpaired) electrons. The average molecular weight is 361 g/mol. The van der Waals surface area contributed by atoms with Gasteiger partial charge in [0.15, 0.2) is 0 Å². The number of nitrogens with one attached hydrogen (secondary N) is 1. The number of carbonyl (C=O) groups is 2. The zero-order valence-corrected chi connectivity index (χ0v) is 14.7. The van der Waals surface area contributed by atoms with Crippen LogP contribution < -0.4 is 5.32 Å². The largest absolute Gasteiger partial charge is 0.462 e. The van der Waals surface area contributed by atoms with E-state index in [-0.39, 0.29) is 6.61 Å². The summed E-state index contributed by atoms with van der Waals surface area (Å²) in [6.45, 7) is 2.57. The molecule has 2 aromatic carbocycles. The fourth-order valence-electron chi connectivity index (χ4n) is 2.61. The van der Waals surface area contributed by atoms with E-state index in [4.69, 9.17) is 0 Å². The number of halogens is 2. The fourth-order valence-corrected chi connectivity index (χ4v) is 2.61. The van der Waals surface area contributed by atoms with Gasteiger partial charge in [-0.15, -0.1) is 0 Å². The number of rotatable bonds is 7. The normalized spacial score (nSPS) is 12.3. The van der Waals surface area contributed by atoms with Gasteiger partial charge >= 0.3 is 11.9 Å². The molecule has 4 nitrogen and oxygen atoms in total. The molecule has 0 heterocycles. The van der Waals surface area contributed by atoms with E-state index in [0.29, 0.717) is 5.56 Å². The van der Waals surface area contributed by atoms with Crippen LogP contribution >= 0.6 is 0 Å². The minimum Gasteiger partial charge on any atom is -0.462 e. The fraction of sp³-hybridized carbons (Fsp3) is 0.300. The Balaban J connectivity index is 2.23. The molecule has 1 N–H and O–H groups in total. The van der Waals surface area contributed by atoms with Crippen molar-refractivity contribution in [2.75, 3.05) is 6.61 Å². The Hall–Kier alpha value is -2.76. The second-order valence-corrected chi connectivity index (χ2v) is 5.87. The number of alkyl halides is 2. The van der Waals surface area contributed by atoms with Crippen molar-refractivity contribution >= 4 is 11.9 Å². The topological polar surface area (TPSA) is 55.4 Å². The van der Waals surface area contributed by atoms with Crippen molar-refractivity contribution in [2.24, 2.45) is 0 Å². The first-order chi connectivity index (χ1) is 12.3. The molecule has 0 saturated carbocycles. The molecule has 1 amide bonds. The lowest BCUT2D eigenvalue weighted by Crippen LogP contribution is -2.37. The molecule has 0 aromatic heterocycles. The van der Waals surface area contributed by atoms with E-state index in [1.165, 1.54) is 13.8 Å². The molecule has 0 aliphatic rings. The van der Waals surface area contributed by atoms with Crippen molar-refractivity contribution in [3.8, 4) is 11.1 Å². The lowest BCUT2D eigenvalue weighted by atomic mass is 9.97. The maximum Gasteiger partial charge on any atom is 0.377 e. The Morgan fingerprint density at radius 2 is 1.62 bits per heavy atom. The summed E-state index contributed by atoms with van der Waals surface area (Å²) in [5.74, 6) is -5.74. The van der Waals surface area contributed by atoms with Gasteiger partial charge < -0.3 is 10.1 Å². The first-order valence-corrected chi connectivity index (χ1v) is 8.31. The van der Waals surface area contributed by atoms with Gasteiger partial charge in [0.05, 0.1) is 12.6 Å². The lowest BCUT2D eigenvalue weighted by Gasteiger charge is -2.23. The van der Waals surface area contributed by atoms with Crippen LogP contribution in [-0.2, 0) is 14.3 Å². The van der Waals surface area contributed by atoms with Gasteiger partial charge in [0, 0.05) is 13.3 Å². The number of hydrogen-bond acceptors (Lipinski definition) is 3. The molecule has 0 saturated heterocycles. The molecular weight excluding hydrogens is 340 g/mol. The number of ether oxygens (including phenoxy) is 1. The zero-order chi connectivity index (χ0) is 19.2. The summed E-state index contributed by atoms with van der Waals surface area (Å²) < 4.78 is 32.6. The molecule has 26 heavy (non-hydrogen) atoms. The van der Waals surface area contributed by atoms with Gasteiger partial charge in [-0.05, 0) is 23.6 Å². The number of carbonyl (C=O) groups excluding carboxylic acids is 2. The third-order valence-electron chi connectivity index (χ3n) is 3.83. The van der Waals surface area contributed by atoms with Crippen LogP contribution in [0, 0.1) is 0 Å².